The third kappa shape index (κ3) is 3.77. The highest BCUT2D eigenvalue weighted by atomic mass is 35.5. The second kappa shape index (κ2) is 5.62. The number of hydroxylamine groups is 1. The number of carbonyl (C=O) groups is 1. The van der Waals surface area contributed by atoms with Gasteiger partial charge in [-0.25, -0.2) is 0 Å². The smallest absolute Gasteiger partial charge is 0.258 e. The molecule has 0 aliphatic carbocycles. The highest BCUT2D eigenvalue weighted by molar-refractivity contribution is 6.19. The summed E-state index contributed by atoms with van der Waals surface area (Å²) < 4.78 is 7.98. The van der Waals surface area contributed by atoms with Gasteiger partial charge in [0.15, 0.2) is 0 Å². The van der Waals surface area contributed by atoms with Crippen LogP contribution in [0.25, 0.3) is 0 Å². The fraction of sp³-hybridized carbons (Fsp3) is 0.300. The van der Waals surface area contributed by atoms with Gasteiger partial charge in [-0.05, 0) is 12.0 Å². The van der Waals surface area contributed by atoms with E-state index in [1.165, 1.54) is 6.92 Å². The summed E-state index contributed by atoms with van der Waals surface area (Å²) in [4.78, 5) is 15.6. The quantitative estimate of drug-likeness (QED) is 0.568. The van der Waals surface area contributed by atoms with Crippen LogP contribution in [-0.2, 0) is 16.1 Å². The molecule has 0 heterocycles. The Morgan fingerprint density at radius 1 is 1.64 bits per heavy atom. The zero-order chi connectivity index (χ0) is 11.3. The minimum Gasteiger partial charge on any atom is -0.272 e. The van der Waals surface area contributed by atoms with E-state index in [1.54, 1.807) is 12.1 Å². The van der Waals surface area contributed by atoms with Crippen molar-refractivity contribution >= 4 is 17.7 Å². The van der Waals surface area contributed by atoms with Crippen molar-refractivity contribution in [1.29, 1.82) is 0 Å². The second-order valence-corrected chi connectivity index (χ2v) is 3.06. The lowest BCUT2D eigenvalue weighted by molar-refractivity contribution is -0.155. The summed E-state index contributed by atoms with van der Waals surface area (Å²) in [6.07, 6.45) is 0.650. The Morgan fingerprint density at radius 3 is 2.86 bits per heavy atom. The molecular formula is C10H12ClNO2. The lowest BCUT2D eigenvalue weighted by Gasteiger charge is -2.10. The van der Waals surface area contributed by atoms with Crippen LogP contribution in [0.15, 0.2) is 30.3 Å². The van der Waals surface area contributed by atoms with Crippen LogP contribution in [0.4, 0.5) is 0 Å². The molecule has 0 radical (unpaired) electrons. The molecule has 0 spiro atoms. The molecule has 0 aromatic heterocycles. The molecule has 76 valence electrons. The van der Waals surface area contributed by atoms with Gasteiger partial charge in [-0.1, -0.05) is 30.3 Å². The molecule has 1 amide bonds. The highest BCUT2D eigenvalue weighted by Gasteiger charge is 2.04. The van der Waals surface area contributed by atoms with Crippen LogP contribution in [0, 0.1) is 0 Å². The Labute approximate surface area is 89.7 Å². The zero-order valence-corrected chi connectivity index (χ0v) is 8.62. The first-order valence-corrected chi connectivity index (χ1v) is 4.58. The average Bonchev–Trinajstić information content (AvgIpc) is 2.20. The van der Waals surface area contributed by atoms with Crippen LogP contribution in [-0.4, -0.2) is 17.1 Å². The Balaban J connectivity index is 2.32. The maximum atomic E-state index is 10.7. The van der Waals surface area contributed by atoms with Gasteiger partial charge in [0.2, 0.25) is 0 Å². The van der Waals surface area contributed by atoms with Crippen molar-refractivity contribution in [3.05, 3.63) is 35.9 Å². The molecule has 0 unspecified atom stereocenters. The van der Waals surface area contributed by atoms with Crippen molar-refractivity contribution in [2.24, 2.45) is 0 Å². The molecule has 0 aliphatic rings. The predicted molar refractivity (Wildman–Crippen MR) is 54.5 cm³/mol. The molecule has 0 saturated carbocycles. The summed E-state index contributed by atoms with van der Waals surface area (Å²) >= 11 is 5.44. The number of hydrogen-bond acceptors (Lipinski definition) is 2. The Bertz CT molecular complexity index is 329. The SMILES string of the molecule is [2H]c1ccc(CCON(Cl)C(C)=O)cc1. The molecular weight excluding hydrogens is 202 g/mol. The maximum absolute atomic E-state index is 10.7. The van der Waals surface area contributed by atoms with E-state index in [9.17, 15) is 4.79 Å². The van der Waals surface area contributed by atoms with Gasteiger partial charge in [-0.15, -0.1) is 4.58 Å². The number of halogens is 1. The molecule has 1 rings (SSSR count). The average molecular weight is 215 g/mol. The Kier molecular flexibility index (Phi) is 3.81. The fourth-order valence-corrected chi connectivity index (χ4v) is 0.992. The van der Waals surface area contributed by atoms with E-state index < -0.39 is 0 Å². The molecule has 0 atom stereocenters. The van der Waals surface area contributed by atoms with Crippen molar-refractivity contribution in [2.75, 3.05) is 6.61 Å². The zero-order valence-electron chi connectivity index (χ0n) is 8.87. The lowest BCUT2D eigenvalue weighted by atomic mass is 10.2. The van der Waals surface area contributed by atoms with E-state index >= 15 is 0 Å². The van der Waals surface area contributed by atoms with Crippen molar-refractivity contribution < 1.29 is 11.0 Å². The molecule has 14 heavy (non-hydrogen) atoms. The largest absolute Gasteiger partial charge is 0.272 e. The monoisotopic (exact) mass is 214 g/mol. The van der Waals surface area contributed by atoms with Crippen molar-refractivity contribution in [1.82, 2.24) is 4.58 Å². The van der Waals surface area contributed by atoms with Crippen LogP contribution in [0.5, 0.6) is 0 Å². The third-order valence-corrected chi connectivity index (χ3v) is 1.97. The van der Waals surface area contributed by atoms with Crippen LogP contribution in [0.2, 0.25) is 0 Å². The predicted octanol–water partition coefficient (Wildman–Crippen LogP) is 2.16. The first-order chi connectivity index (χ1) is 7.09. The van der Waals surface area contributed by atoms with Crippen LogP contribution < -0.4 is 0 Å². The molecule has 0 saturated heterocycles. The lowest BCUT2D eigenvalue weighted by Crippen LogP contribution is -2.19. The van der Waals surface area contributed by atoms with Crippen LogP contribution >= 0.6 is 11.8 Å². The Hall–Kier alpha value is -1.06. The molecule has 0 N–H and O–H groups in total. The van der Waals surface area contributed by atoms with Crippen molar-refractivity contribution in [3.63, 3.8) is 0 Å². The Morgan fingerprint density at radius 2 is 2.29 bits per heavy atom. The van der Waals surface area contributed by atoms with Gasteiger partial charge >= 0.3 is 0 Å². The van der Waals surface area contributed by atoms with E-state index in [2.05, 4.69) is 0 Å². The molecule has 0 bridgehead atoms. The van der Waals surface area contributed by atoms with Crippen molar-refractivity contribution in [3.8, 4) is 0 Å². The molecule has 0 aliphatic heterocycles. The summed E-state index contributed by atoms with van der Waals surface area (Å²) in [5.41, 5.74) is 1.04. The standard InChI is InChI=1S/C10H12ClNO2/c1-9(13)12(11)14-8-7-10-5-3-2-4-6-10/h2-6H,7-8H2,1H3/i2D. The number of amides is 1. The number of benzene rings is 1. The normalized spacial score (nSPS) is 10.9. The first kappa shape index (κ1) is 9.49. The molecule has 1 aromatic rings. The van der Waals surface area contributed by atoms with E-state index in [-0.39, 0.29) is 5.91 Å². The number of nitrogens with zero attached hydrogens (tertiary/aromatic N) is 1. The van der Waals surface area contributed by atoms with E-state index in [1.807, 2.05) is 12.1 Å². The van der Waals surface area contributed by atoms with Crippen LogP contribution in [0.3, 0.4) is 0 Å². The number of carbonyl (C=O) groups excluding carboxylic acids is 1. The number of hydrogen-bond donors (Lipinski definition) is 0. The minimum atomic E-state index is -0.349. The third-order valence-electron chi connectivity index (χ3n) is 1.63. The van der Waals surface area contributed by atoms with E-state index in [4.69, 9.17) is 18.0 Å². The molecule has 1 aromatic carbocycles. The molecule has 0 fully saturated rings. The minimum absolute atomic E-state index is 0.334. The van der Waals surface area contributed by atoms with Gasteiger partial charge in [-0.2, -0.15) is 0 Å². The summed E-state index contributed by atoms with van der Waals surface area (Å²) in [6.45, 7) is 1.66. The van der Waals surface area contributed by atoms with E-state index in [0.717, 1.165) is 5.56 Å². The van der Waals surface area contributed by atoms with E-state index in [0.29, 0.717) is 23.7 Å². The molecule has 4 heteroatoms. The number of rotatable bonds is 4. The van der Waals surface area contributed by atoms with Gasteiger partial charge in [0.1, 0.15) is 0 Å². The topological polar surface area (TPSA) is 29.5 Å². The van der Waals surface area contributed by atoms with Gasteiger partial charge in [0.05, 0.1) is 7.98 Å². The first-order valence-electron chi connectivity index (χ1n) is 4.74. The van der Waals surface area contributed by atoms with Gasteiger partial charge in [0, 0.05) is 18.7 Å². The summed E-state index contributed by atoms with van der Waals surface area (Å²) in [5, 5.41) is 0. The van der Waals surface area contributed by atoms with Gasteiger partial charge in [-0.3, -0.25) is 9.63 Å². The summed E-state index contributed by atoms with van der Waals surface area (Å²) in [5.74, 6) is -0.349. The highest BCUT2D eigenvalue weighted by Crippen LogP contribution is 2.02. The second-order valence-electron chi connectivity index (χ2n) is 2.76. The maximum Gasteiger partial charge on any atom is 0.258 e. The van der Waals surface area contributed by atoms with Crippen molar-refractivity contribution in [2.45, 2.75) is 13.3 Å². The fourth-order valence-electron chi connectivity index (χ4n) is 0.923. The summed E-state index contributed by atoms with van der Waals surface area (Å²) in [7, 11) is 0. The van der Waals surface area contributed by atoms with Gasteiger partial charge < -0.3 is 0 Å². The molecule has 3 nitrogen and oxygen atoms in total. The van der Waals surface area contributed by atoms with Gasteiger partial charge in [0.25, 0.3) is 5.91 Å². The van der Waals surface area contributed by atoms with Crippen LogP contribution in [0.1, 0.15) is 13.9 Å². The summed E-state index contributed by atoms with van der Waals surface area (Å²) in [6, 6.07) is 7.58.